The minimum absolute atomic E-state index is 0.0759. The summed E-state index contributed by atoms with van der Waals surface area (Å²) in [5, 5.41) is 3.50. The lowest BCUT2D eigenvalue weighted by molar-refractivity contribution is 0.00627. The molecule has 1 saturated heterocycles. The van der Waals surface area contributed by atoms with Crippen LogP contribution in [0.15, 0.2) is 6.07 Å². The van der Waals surface area contributed by atoms with Crippen molar-refractivity contribution in [1.82, 2.24) is 10.2 Å². The number of amides is 1. The molecule has 2 aliphatic rings. The molecule has 1 aromatic rings. The van der Waals surface area contributed by atoms with Gasteiger partial charge in [-0.15, -0.1) is 0 Å². The highest BCUT2D eigenvalue weighted by Crippen LogP contribution is 2.44. The van der Waals surface area contributed by atoms with E-state index in [0.29, 0.717) is 35.0 Å². The van der Waals surface area contributed by atoms with Crippen LogP contribution in [-0.4, -0.2) is 61.8 Å². The zero-order valence-corrected chi connectivity index (χ0v) is 17.6. The zero-order chi connectivity index (χ0) is 20.5. The maximum atomic E-state index is 13.1. The number of methoxy groups -OCH3 is 1. The minimum Gasteiger partial charge on any atom is -0.486 e. The van der Waals surface area contributed by atoms with Gasteiger partial charge >= 0.3 is 0 Å². The van der Waals surface area contributed by atoms with Crippen molar-refractivity contribution < 1.29 is 14.3 Å². The summed E-state index contributed by atoms with van der Waals surface area (Å²) in [4.78, 5) is 15.4. The van der Waals surface area contributed by atoms with E-state index in [-0.39, 0.29) is 18.1 Å². The van der Waals surface area contributed by atoms with Crippen molar-refractivity contribution in [2.24, 2.45) is 5.73 Å². The van der Waals surface area contributed by atoms with Crippen molar-refractivity contribution in [3.05, 3.63) is 22.2 Å². The quantitative estimate of drug-likeness (QED) is 0.618. The summed E-state index contributed by atoms with van der Waals surface area (Å²) in [6.07, 6.45) is 2.31. The fourth-order valence-corrected chi connectivity index (χ4v) is 4.27. The molecular formula is C20H31ClN4O3. The average Bonchev–Trinajstić information content (AvgIpc) is 2.99. The van der Waals surface area contributed by atoms with Crippen LogP contribution in [-0.2, 0) is 11.2 Å². The second-order valence-electron chi connectivity index (χ2n) is 8.25. The Hall–Kier alpha value is -1.54. The average molecular weight is 411 g/mol. The summed E-state index contributed by atoms with van der Waals surface area (Å²) < 4.78 is 11.7. The fourth-order valence-electron chi connectivity index (χ4n) is 4.05. The van der Waals surface area contributed by atoms with Crippen LogP contribution < -0.4 is 21.5 Å². The van der Waals surface area contributed by atoms with E-state index in [0.717, 1.165) is 38.0 Å². The maximum absolute atomic E-state index is 13.1. The normalized spacial score (nSPS) is 23.9. The number of hydrogen-bond donors (Lipinski definition) is 3. The zero-order valence-electron chi connectivity index (χ0n) is 16.9. The van der Waals surface area contributed by atoms with Crippen LogP contribution in [0.25, 0.3) is 0 Å². The summed E-state index contributed by atoms with van der Waals surface area (Å²) in [5.41, 5.74) is 13.0. The Bertz CT molecular complexity index is 741. The van der Waals surface area contributed by atoms with Gasteiger partial charge in [-0.05, 0) is 45.8 Å². The highest BCUT2D eigenvalue weighted by atomic mass is 35.5. The van der Waals surface area contributed by atoms with Gasteiger partial charge in [-0.1, -0.05) is 11.6 Å². The Balaban J connectivity index is 1.75. The van der Waals surface area contributed by atoms with E-state index in [9.17, 15) is 4.79 Å². The van der Waals surface area contributed by atoms with Gasteiger partial charge in [0.2, 0.25) is 0 Å². The highest BCUT2D eigenvalue weighted by Gasteiger charge is 2.37. The van der Waals surface area contributed by atoms with E-state index in [1.807, 2.05) is 13.8 Å². The second kappa shape index (κ2) is 8.45. The first-order chi connectivity index (χ1) is 13.3. The molecule has 2 heterocycles. The number of fused-ring (bicyclic) bond motifs is 1. The van der Waals surface area contributed by atoms with Crippen molar-refractivity contribution in [2.45, 2.75) is 50.9 Å². The molecule has 5 N–H and O–H groups in total. The van der Waals surface area contributed by atoms with Gasteiger partial charge in [0.25, 0.3) is 5.91 Å². The Morgan fingerprint density at radius 1 is 1.50 bits per heavy atom. The molecule has 0 aromatic heterocycles. The number of likely N-dealkylation sites (tertiary alicyclic amines) is 1. The smallest absolute Gasteiger partial charge is 0.255 e. The molecule has 0 spiro atoms. The van der Waals surface area contributed by atoms with Gasteiger partial charge in [-0.25, -0.2) is 0 Å². The Morgan fingerprint density at radius 2 is 2.25 bits per heavy atom. The van der Waals surface area contributed by atoms with Crippen LogP contribution in [0.2, 0.25) is 5.02 Å². The summed E-state index contributed by atoms with van der Waals surface area (Å²) in [7, 11) is 1.68. The first kappa shape index (κ1) is 21.2. The largest absolute Gasteiger partial charge is 0.486 e. The lowest BCUT2D eigenvalue weighted by atomic mass is 9.97. The first-order valence-electron chi connectivity index (χ1n) is 9.81. The summed E-state index contributed by atoms with van der Waals surface area (Å²) in [5.74, 6) is 0.331. The molecular weight excluding hydrogens is 380 g/mol. The molecule has 0 saturated carbocycles. The summed E-state index contributed by atoms with van der Waals surface area (Å²) in [6.45, 7) is 7.23. The molecule has 1 amide bonds. The van der Waals surface area contributed by atoms with Crippen molar-refractivity contribution in [1.29, 1.82) is 0 Å². The number of anilines is 1. The van der Waals surface area contributed by atoms with Crippen molar-refractivity contribution in [3.63, 3.8) is 0 Å². The number of rotatable bonds is 6. The van der Waals surface area contributed by atoms with E-state index >= 15 is 0 Å². The lowest BCUT2D eigenvalue weighted by Crippen LogP contribution is -2.55. The Morgan fingerprint density at radius 3 is 2.93 bits per heavy atom. The molecule has 1 fully saturated rings. The van der Waals surface area contributed by atoms with E-state index < -0.39 is 5.60 Å². The monoisotopic (exact) mass is 410 g/mol. The van der Waals surface area contributed by atoms with E-state index in [4.69, 9.17) is 32.5 Å². The predicted octanol–water partition coefficient (Wildman–Crippen LogP) is 1.80. The van der Waals surface area contributed by atoms with Gasteiger partial charge in [0.05, 0.1) is 28.4 Å². The molecule has 28 heavy (non-hydrogen) atoms. The molecule has 0 radical (unpaired) electrons. The van der Waals surface area contributed by atoms with Crippen LogP contribution >= 0.6 is 11.6 Å². The van der Waals surface area contributed by atoms with Crippen molar-refractivity contribution >= 4 is 23.2 Å². The van der Waals surface area contributed by atoms with Gasteiger partial charge in [0.15, 0.2) is 0 Å². The number of carbonyl (C=O) groups is 1. The molecule has 3 rings (SSSR count). The maximum Gasteiger partial charge on any atom is 0.255 e. The third-order valence-corrected chi connectivity index (χ3v) is 5.85. The van der Waals surface area contributed by atoms with Gasteiger partial charge in [-0.2, -0.15) is 0 Å². The molecule has 2 atom stereocenters. The van der Waals surface area contributed by atoms with Crippen molar-refractivity contribution in [3.8, 4) is 5.75 Å². The van der Waals surface area contributed by atoms with Gasteiger partial charge < -0.3 is 31.2 Å². The standard InChI is InChI=1S/C20H31ClN4O3/c1-20(2)10-13-17(23)14(21)9-12(18(13)28-20)19(26)24-15-5-8-25(7-4-6-22)11-16(15)27-3/h9,15-16H,4-8,10-11,22-23H2,1-3H3,(H,24,26)/t15-,16+/m0/s1. The van der Waals surface area contributed by atoms with Gasteiger partial charge in [0, 0.05) is 32.2 Å². The van der Waals surface area contributed by atoms with Crippen LogP contribution in [0, 0.1) is 0 Å². The number of benzene rings is 1. The number of nitrogens with zero attached hydrogens (tertiary/aromatic N) is 1. The number of nitrogens with one attached hydrogen (secondary N) is 1. The van der Waals surface area contributed by atoms with Crippen LogP contribution in [0.4, 0.5) is 5.69 Å². The van der Waals surface area contributed by atoms with Crippen LogP contribution in [0.1, 0.15) is 42.6 Å². The lowest BCUT2D eigenvalue weighted by Gasteiger charge is -2.38. The Kier molecular flexibility index (Phi) is 6.39. The fraction of sp³-hybridized carbons (Fsp3) is 0.650. The van der Waals surface area contributed by atoms with E-state index in [1.165, 1.54) is 0 Å². The Labute approximate surface area is 171 Å². The third kappa shape index (κ3) is 4.38. The van der Waals surface area contributed by atoms with E-state index in [2.05, 4.69) is 10.2 Å². The SMILES string of the molecule is CO[C@@H]1CN(CCCN)CC[C@@H]1NC(=O)c1cc(Cl)c(N)c2c1OC(C)(C)C2. The molecule has 1 aromatic carbocycles. The summed E-state index contributed by atoms with van der Waals surface area (Å²) in [6, 6.07) is 1.53. The van der Waals surface area contributed by atoms with E-state index in [1.54, 1.807) is 13.2 Å². The highest BCUT2D eigenvalue weighted by molar-refractivity contribution is 6.33. The second-order valence-corrected chi connectivity index (χ2v) is 8.66. The number of nitrogens with two attached hydrogens (primary N) is 2. The molecule has 2 aliphatic heterocycles. The number of ether oxygens (including phenoxy) is 2. The third-order valence-electron chi connectivity index (χ3n) is 5.54. The number of nitrogen functional groups attached to an aromatic ring is 1. The first-order valence-corrected chi connectivity index (χ1v) is 10.2. The molecule has 0 aliphatic carbocycles. The van der Waals surface area contributed by atoms with Gasteiger partial charge in [-0.3, -0.25) is 4.79 Å². The summed E-state index contributed by atoms with van der Waals surface area (Å²) >= 11 is 6.30. The van der Waals surface area contributed by atoms with Crippen LogP contribution in [0.3, 0.4) is 0 Å². The van der Waals surface area contributed by atoms with Crippen molar-refractivity contribution in [2.75, 3.05) is 39.0 Å². The van der Waals surface area contributed by atoms with Gasteiger partial charge in [0.1, 0.15) is 11.4 Å². The molecule has 7 nitrogen and oxygen atoms in total. The number of halogens is 1. The molecule has 0 bridgehead atoms. The molecule has 0 unspecified atom stereocenters. The van der Waals surface area contributed by atoms with Crippen LogP contribution in [0.5, 0.6) is 5.75 Å². The predicted molar refractivity (Wildman–Crippen MR) is 111 cm³/mol. The number of piperidine rings is 1. The number of carbonyl (C=O) groups excluding carboxylic acids is 1. The minimum atomic E-state index is -0.417. The number of hydrogen-bond acceptors (Lipinski definition) is 6. The molecule has 156 valence electrons. The topological polar surface area (TPSA) is 103 Å². The molecule has 8 heteroatoms.